The Morgan fingerprint density at radius 1 is 1.47 bits per heavy atom. The minimum atomic E-state index is -0.415. The normalized spacial score (nSPS) is 17.4. The molecular formula is C13H18N6. The molecule has 2 rings (SSSR count). The maximum atomic E-state index is 9.24. The predicted molar refractivity (Wildman–Crippen MR) is 68.8 cm³/mol. The summed E-state index contributed by atoms with van der Waals surface area (Å²) in [6.45, 7) is 2.70. The van der Waals surface area contributed by atoms with Crippen molar-refractivity contribution in [2.45, 2.75) is 57.2 Å². The summed E-state index contributed by atoms with van der Waals surface area (Å²) in [4.78, 5) is 3.85. The molecule has 1 saturated carbocycles. The van der Waals surface area contributed by atoms with E-state index >= 15 is 0 Å². The Bertz CT molecular complexity index is 504. The van der Waals surface area contributed by atoms with Crippen LogP contribution in [0.1, 0.15) is 44.9 Å². The highest BCUT2D eigenvalue weighted by molar-refractivity contribution is 5.07. The van der Waals surface area contributed by atoms with Crippen LogP contribution in [0.5, 0.6) is 0 Å². The van der Waals surface area contributed by atoms with Gasteiger partial charge in [-0.15, -0.1) is 5.10 Å². The first-order valence-electron chi connectivity index (χ1n) is 6.64. The zero-order chi connectivity index (χ0) is 13.7. The Balaban J connectivity index is 1.70. The van der Waals surface area contributed by atoms with Gasteiger partial charge in [0.25, 0.3) is 5.82 Å². The Kier molecular flexibility index (Phi) is 4.13. The van der Waals surface area contributed by atoms with E-state index in [1.165, 1.54) is 12.8 Å². The third-order valence-electron chi connectivity index (χ3n) is 3.30. The topological polar surface area (TPSA) is 90.3 Å². The van der Waals surface area contributed by atoms with Gasteiger partial charge in [0.05, 0.1) is 6.07 Å². The fraction of sp³-hybridized carbons (Fsp3) is 0.692. The zero-order valence-corrected chi connectivity index (χ0v) is 11.1. The number of aromatic nitrogens is 3. The van der Waals surface area contributed by atoms with Gasteiger partial charge < -0.3 is 0 Å². The summed E-state index contributed by atoms with van der Waals surface area (Å²) in [7, 11) is 0. The van der Waals surface area contributed by atoms with Crippen LogP contribution in [0.25, 0.3) is 0 Å². The lowest BCUT2D eigenvalue weighted by Gasteiger charge is -2.23. The Labute approximate surface area is 113 Å². The first-order chi connectivity index (χ1) is 9.15. The minimum absolute atomic E-state index is 0.206. The lowest BCUT2D eigenvalue weighted by atomic mass is 9.96. The Morgan fingerprint density at radius 2 is 2.26 bits per heavy atom. The average Bonchev–Trinajstić information content (AvgIpc) is 3.09. The fourth-order valence-corrected chi connectivity index (χ4v) is 2.04. The molecule has 1 unspecified atom stereocenters. The van der Waals surface area contributed by atoms with Crippen molar-refractivity contribution < 1.29 is 0 Å². The highest BCUT2D eigenvalue weighted by Crippen LogP contribution is 2.24. The van der Waals surface area contributed by atoms with Crippen molar-refractivity contribution >= 4 is 0 Å². The van der Waals surface area contributed by atoms with E-state index in [1.54, 1.807) is 11.0 Å². The van der Waals surface area contributed by atoms with E-state index in [4.69, 9.17) is 5.26 Å². The number of hydrogen-bond donors (Lipinski definition) is 1. The van der Waals surface area contributed by atoms with Crippen LogP contribution in [-0.2, 0) is 6.54 Å². The first kappa shape index (κ1) is 13.5. The SMILES string of the molecule is CC(C#N)(CCCCn1cnc(C#N)n1)NC1CC1. The Morgan fingerprint density at radius 3 is 2.84 bits per heavy atom. The fourth-order valence-electron chi connectivity index (χ4n) is 2.04. The maximum absolute atomic E-state index is 9.24. The Hall–Kier alpha value is -1.92. The number of aryl methyl sites for hydroxylation is 1. The van der Waals surface area contributed by atoms with E-state index in [-0.39, 0.29) is 5.82 Å². The van der Waals surface area contributed by atoms with Gasteiger partial charge in [-0.05, 0) is 39.0 Å². The van der Waals surface area contributed by atoms with E-state index in [1.807, 2.05) is 13.0 Å². The summed E-state index contributed by atoms with van der Waals surface area (Å²) in [5, 5.41) is 25.3. The quantitative estimate of drug-likeness (QED) is 0.745. The summed E-state index contributed by atoms with van der Waals surface area (Å²) in [5.74, 6) is 0.206. The van der Waals surface area contributed by atoms with Crippen molar-refractivity contribution in [3.8, 4) is 12.1 Å². The van der Waals surface area contributed by atoms with Crippen molar-refractivity contribution in [2.24, 2.45) is 0 Å². The van der Waals surface area contributed by atoms with Crippen LogP contribution < -0.4 is 5.32 Å². The molecule has 1 fully saturated rings. The molecule has 0 radical (unpaired) electrons. The largest absolute Gasteiger partial charge is 0.297 e. The smallest absolute Gasteiger partial charge is 0.252 e. The van der Waals surface area contributed by atoms with Crippen molar-refractivity contribution in [3.63, 3.8) is 0 Å². The third kappa shape index (κ3) is 4.04. The number of hydrogen-bond acceptors (Lipinski definition) is 5. The average molecular weight is 258 g/mol. The molecule has 0 amide bonds. The van der Waals surface area contributed by atoms with E-state index in [0.29, 0.717) is 6.04 Å². The van der Waals surface area contributed by atoms with Crippen LogP contribution >= 0.6 is 0 Å². The molecule has 6 nitrogen and oxygen atoms in total. The van der Waals surface area contributed by atoms with Gasteiger partial charge in [-0.2, -0.15) is 10.5 Å². The molecule has 0 aromatic carbocycles. The molecule has 100 valence electrons. The van der Waals surface area contributed by atoms with E-state index in [9.17, 15) is 5.26 Å². The van der Waals surface area contributed by atoms with Crippen molar-refractivity contribution in [1.29, 1.82) is 10.5 Å². The maximum Gasteiger partial charge on any atom is 0.252 e. The molecule has 6 heteroatoms. The van der Waals surface area contributed by atoms with E-state index < -0.39 is 5.54 Å². The molecule has 1 aliphatic carbocycles. The standard InChI is InChI=1S/C13H18N6/c1-13(9-15,17-11-4-5-11)6-2-3-7-19-10-16-12(8-14)18-19/h10-11,17H,2-7H2,1H3. The summed E-state index contributed by atoms with van der Waals surface area (Å²) in [6, 6.07) is 4.82. The molecule has 19 heavy (non-hydrogen) atoms. The summed E-state index contributed by atoms with van der Waals surface area (Å²) < 4.78 is 1.68. The lowest BCUT2D eigenvalue weighted by Crippen LogP contribution is -2.42. The first-order valence-corrected chi connectivity index (χ1v) is 6.64. The highest BCUT2D eigenvalue weighted by atomic mass is 15.3. The van der Waals surface area contributed by atoms with Crippen LogP contribution in [-0.4, -0.2) is 26.3 Å². The number of rotatable bonds is 7. The van der Waals surface area contributed by atoms with Gasteiger partial charge in [0.2, 0.25) is 0 Å². The van der Waals surface area contributed by atoms with E-state index in [0.717, 1.165) is 25.8 Å². The molecule has 0 spiro atoms. The summed E-state index contributed by atoms with van der Waals surface area (Å²) >= 11 is 0. The van der Waals surface area contributed by atoms with Gasteiger partial charge >= 0.3 is 0 Å². The number of nitrogens with one attached hydrogen (secondary N) is 1. The second-order valence-corrected chi connectivity index (χ2v) is 5.26. The van der Waals surface area contributed by atoms with Crippen LogP contribution in [0.3, 0.4) is 0 Å². The predicted octanol–water partition coefficient (Wildman–Crippen LogP) is 1.35. The zero-order valence-electron chi connectivity index (χ0n) is 11.1. The molecule has 1 N–H and O–H groups in total. The monoisotopic (exact) mass is 258 g/mol. The van der Waals surface area contributed by atoms with Gasteiger partial charge in [-0.3, -0.25) is 10.00 Å². The second kappa shape index (κ2) is 5.81. The number of nitriles is 2. The molecule has 1 atom stereocenters. The van der Waals surface area contributed by atoms with Gasteiger partial charge in [-0.1, -0.05) is 0 Å². The molecule has 1 aliphatic rings. The molecule has 0 saturated heterocycles. The van der Waals surface area contributed by atoms with Crippen LogP contribution in [0, 0.1) is 22.7 Å². The lowest BCUT2D eigenvalue weighted by molar-refractivity contribution is 0.389. The van der Waals surface area contributed by atoms with Crippen LogP contribution in [0.15, 0.2) is 6.33 Å². The second-order valence-electron chi connectivity index (χ2n) is 5.26. The number of nitrogens with zero attached hydrogens (tertiary/aromatic N) is 5. The van der Waals surface area contributed by atoms with Crippen molar-refractivity contribution in [1.82, 2.24) is 20.1 Å². The highest BCUT2D eigenvalue weighted by Gasteiger charge is 2.31. The molecule has 1 aromatic rings. The third-order valence-corrected chi connectivity index (χ3v) is 3.30. The van der Waals surface area contributed by atoms with Crippen molar-refractivity contribution in [2.75, 3.05) is 0 Å². The van der Waals surface area contributed by atoms with Gasteiger partial charge in [0.15, 0.2) is 0 Å². The summed E-state index contributed by atoms with van der Waals surface area (Å²) in [5.41, 5.74) is -0.415. The van der Waals surface area contributed by atoms with Gasteiger partial charge in [0, 0.05) is 12.6 Å². The van der Waals surface area contributed by atoms with E-state index in [2.05, 4.69) is 21.5 Å². The molecule has 0 bridgehead atoms. The molecule has 1 aromatic heterocycles. The van der Waals surface area contributed by atoms with Gasteiger partial charge in [-0.25, -0.2) is 4.98 Å². The van der Waals surface area contributed by atoms with Crippen LogP contribution in [0.4, 0.5) is 0 Å². The molecular weight excluding hydrogens is 240 g/mol. The molecule has 1 heterocycles. The number of unbranched alkanes of at least 4 members (excludes halogenated alkanes) is 1. The summed E-state index contributed by atoms with van der Waals surface area (Å²) in [6.07, 6.45) is 6.66. The minimum Gasteiger partial charge on any atom is -0.297 e. The van der Waals surface area contributed by atoms with Crippen molar-refractivity contribution in [3.05, 3.63) is 12.2 Å². The molecule has 0 aliphatic heterocycles. The van der Waals surface area contributed by atoms with Gasteiger partial charge in [0.1, 0.15) is 17.9 Å². The van der Waals surface area contributed by atoms with Crippen LogP contribution in [0.2, 0.25) is 0 Å².